The van der Waals surface area contributed by atoms with Crippen LogP contribution in [0, 0.1) is 0 Å². The normalized spacial score (nSPS) is 23.4. The zero-order valence-corrected chi connectivity index (χ0v) is 28.2. The molecule has 5 aromatic rings. The third-order valence-corrected chi connectivity index (χ3v) is 9.53. The van der Waals surface area contributed by atoms with E-state index in [9.17, 15) is 81.4 Å². The number of rotatable bonds is 6. The van der Waals surface area contributed by atoms with Crippen molar-refractivity contribution >= 4 is 11.0 Å². The summed E-state index contributed by atoms with van der Waals surface area (Å²) in [7, 11) is 0. The number of aliphatic hydroxyl groups excluding tert-OH is 5. The predicted molar refractivity (Wildman–Crippen MR) is 184 cm³/mol. The van der Waals surface area contributed by atoms with Crippen molar-refractivity contribution < 1.29 is 95.2 Å². The van der Waals surface area contributed by atoms with E-state index < -0.39 is 157 Å². The molecular weight excluding hydrogens is 752 g/mol. The number of aromatic hydroxyl groups is 10. The second-order valence-corrected chi connectivity index (χ2v) is 13.1. The minimum absolute atomic E-state index is 0.0329. The van der Waals surface area contributed by atoms with Crippen molar-refractivity contribution in [2.45, 2.75) is 49.3 Å². The van der Waals surface area contributed by atoms with E-state index in [-0.39, 0.29) is 17.7 Å². The molecule has 0 bridgehead atoms. The fourth-order valence-electron chi connectivity index (χ4n) is 6.79. The van der Waals surface area contributed by atoms with Crippen LogP contribution >= 0.6 is 0 Å². The summed E-state index contributed by atoms with van der Waals surface area (Å²) < 4.78 is 22.9. The zero-order chi connectivity index (χ0) is 40.7. The number of phenols is 10. The maximum Gasteiger partial charge on any atom is 0.239 e. The topological polar surface area (TPSA) is 361 Å². The summed E-state index contributed by atoms with van der Waals surface area (Å²) in [6.45, 7) is -0.931. The van der Waals surface area contributed by atoms with E-state index in [1.807, 2.05) is 0 Å². The van der Waals surface area contributed by atoms with Crippen LogP contribution in [0.3, 0.4) is 0 Å². The second-order valence-electron chi connectivity index (χ2n) is 13.1. The largest absolute Gasteiger partial charge is 0.508 e. The molecule has 15 N–H and O–H groups in total. The maximum absolute atomic E-state index is 14.2. The van der Waals surface area contributed by atoms with Gasteiger partial charge in [0, 0.05) is 58.5 Å². The van der Waals surface area contributed by atoms with Crippen LogP contribution in [0.5, 0.6) is 69.0 Å². The Bertz CT molecular complexity index is 2460. The van der Waals surface area contributed by atoms with E-state index in [1.165, 1.54) is 0 Å². The molecule has 1 saturated heterocycles. The molecule has 0 spiro atoms. The zero-order valence-electron chi connectivity index (χ0n) is 28.2. The first-order valence-electron chi connectivity index (χ1n) is 16.4. The Balaban J connectivity index is 1.54. The Hall–Kier alpha value is -6.55. The van der Waals surface area contributed by atoms with E-state index in [4.69, 9.17) is 18.6 Å². The van der Waals surface area contributed by atoms with Gasteiger partial charge in [-0.3, -0.25) is 4.79 Å². The minimum atomic E-state index is -2.15. The van der Waals surface area contributed by atoms with Gasteiger partial charge in [0.1, 0.15) is 64.1 Å². The lowest BCUT2D eigenvalue weighted by molar-refractivity contribution is -0.277. The molecule has 7 unspecified atom stereocenters. The SMILES string of the molecule is O=c1c(OC2OC(CO)C(O)C(O)C2O)c(-c2cc(O)c(O)c(O)c2-c2c(C3Oc4cc(O)cc(O)c4CC3O)cc(O)c(O)c2O)oc2cc(O)cc(O)c12. The number of hydrogen-bond donors (Lipinski definition) is 15. The van der Waals surface area contributed by atoms with E-state index in [2.05, 4.69) is 0 Å². The molecular formula is C36H32O20. The van der Waals surface area contributed by atoms with Gasteiger partial charge >= 0.3 is 0 Å². The number of hydrogen-bond acceptors (Lipinski definition) is 20. The highest BCUT2D eigenvalue weighted by molar-refractivity contribution is 5.97. The van der Waals surface area contributed by atoms with Crippen LogP contribution in [0.4, 0.5) is 0 Å². The lowest BCUT2D eigenvalue weighted by atomic mass is 9.85. The van der Waals surface area contributed by atoms with E-state index in [0.29, 0.717) is 6.07 Å². The number of ether oxygens (including phenoxy) is 3. The van der Waals surface area contributed by atoms with Crippen molar-refractivity contribution in [3.63, 3.8) is 0 Å². The Labute approximate surface area is 311 Å². The lowest BCUT2D eigenvalue weighted by Gasteiger charge is -2.39. The average molecular weight is 785 g/mol. The van der Waals surface area contributed by atoms with Crippen LogP contribution in [-0.4, -0.2) is 120 Å². The summed E-state index contributed by atoms with van der Waals surface area (Å²) in [5.74, 6) is -11.9. The van der Waals surface area contributed by atoms with E-state index in [0.717, 1.165) is 30.3 Å². The van der Waals surface area contributed by atoms with Gasteiger partial charge < -0.3 is 95.2 Å². The molecule has 4 aromatic carbocycles. The standard InChI is InChI=1S/C36H32O20/c37-8-21-27(47)31(51)32(52)36(55-21)56-35-30(50)24-15(41)2-10(39)4-20(24)54-34(35)13-7-17(43)26(46)29(49)23(13)22-12(6-16(42)25(45)28(22)48)33-18(44)5-11-14(40)1-9(38)3-19(11)53-33/h1-4,6-7,18,21,27,31-33,36-49,51-52H,5,8H2. The van der Waals surface area contributed by atoms with Crippen LogP contribution in [0.1, 0.15) is 17.2 Å². The van der Waals surface area contributed by atoms with Gasteiger partial charge in [-0.05, 0) is 12.1 Å². The van der Waals surface area contributed by atoms with Crippen molar-refractivity contribution in [2.24, 2.45) is 0 Å². The molecule has 3 heterocycles. The summed E-state index contributed by atoms with van der Waals surface area (Å²) in [5, 5.41) is 159. The molecule has 20 nitrogen and oxygen atoms in total. The van der Waals surface area contributed by atoms with Gasteiger partial charge in [0.05, 0.1) is 12.7 Å². The predicted octanol–water partition coefficient (Wildman–Crippen LogP) is 0.399. The van der Waals surface area contributed by atoms with Gasteiger partial charge in [0.2, 0.25) is 29.0 Å². The first-order chi connectivity index (χ1) is 26.4. The van der Waals surface area contributed by atoms with Crippen molar-refractivity contribution in [3.05, 3.63) is 57.7 Å². The van der Waals surface area contributed by atoms with E-state index in [1.54, 1.807) is 0 Å². The average Bonchev–Trinajstić information content (AvgIpc) is 3.14. The molecule has 56 heavy (non-hydrogen) atoms. The first-order valence-corrected chi connectivity index (χ1v) is 16.4. The fraction of sp³-hybridized carbons (Fsp3) is 0.250. The molecule has 0 amide bonds. The Morgan fingerprint density at radius 2 is 1.30 bits per heavy atom. The van der Waals surface area contributed by atoms with Crippen LogP contribution in [-0.2, 0) is 11.2 Å². The van der Waals surface area contributed by atoms with Crippen LogP contribution in [0.2, 0.25) is 0 Å². The van der Waals surface area contributed by atoms with Gasteiger partial charge in [0.15, 0.2) is 34.9 Å². The molecule has 0 saturated carbocycles. The van der Waals surface area contributed by atoms with E-state index >= 15 is 0 Å². The Morgan fingerprint density at radius 3 is 1.98 bits per heavy atom. The van der Waals surface area contributed by atoms with Gasteiger partial charge in [-0.1, -0.05) is 0 Å². The van der Waals surface area contributed by atoms with Crippen LogP contribution in [0.15, 0.2) is 45.6 Å². The smallest absolute Gasteiger partial charge is 0.239 e. The molecule has 7 atom stereocenters. The summed E-state index contributed by atoms with van der Waals surface area (Å²) in [6, 6.07) is 5.06. The highest BCUT2D eigenvalue weighted by atomic mass is 16.7. The first kappa shape index (κ1) is 37.8. The molecule has 0 radical (unpaired) electrons. The molecule has 1 fully saturated rings. The molecule has 1 aromatic heterocycles. The van der Waals surface area contributed by atoms with Crippen LogP contribution in [0.25, 0.3) is 33.4 Å². The summed E-state index contributed by atoms with van der Waals surface area (Å²) in [4.78, 5) is 14.2. The van der Waals surface area contributed by atoms with Crippen molar-refractivity contribution in [1.29, 1.82) is 0 Å². The number of fused-ring (bicyclic) bond motifs is 2. The molecule has 7 rings (SSSR count). The highest BCUT2D eigenvalue weighted by Crippen LogP contribution is 2.58. The molecule has 2 aliphatic rings. The maximum atomic E-state index is 14.2. The van der Waals surface area contributed by atoms with Crippen molar-refractivity contribution in [2.75, 3.05) is 6.61 Å². The summed E-state index contributed by atoms with van der Waals surface area (Å²) >= 11 is 0. The monoisotopic (exact) mass is 784 g/mol. The molecule has 2 aliphatic heterocycles. The summed E-state index contributed by atoms with van der Waals surface area (Å²) in [6.07, 6.45) is -13.5. The molecule has 0 aliphatic carbocycles. The van der Waals surface area contributed by atoms with Gasteiger partial charge in [-0.15, -0.1) is 0 Å². The third-order valence-electron chi connectivity index (χ3n) is 9.53. The quantitative estimate of drug-likeness (QED) is 0.104. The number of benzene rings is 4. The number of aliphatic hydroxyl groups is 5. The molecule has 296 valence electrons. The third kappa shape index (κ3) is 5.92. The fourth-order valence-corrected chi connectivity index (χ4v) is 6.79. The van der Waals surface area contributed by atoms with Crippen molar-refractivity contribution in [3.8, 4) is 91.4 Å². The second kappa shape index (κ2) is 13.6. The number of phenolic OH excluding ortho intramolecular Hbond substituents is 10. The van der Waals surface area contributed by atoms with Crippen molar-refractivity contribution in [1.82, 2.24) is 0 Å². The Morgan fingerprint density at radius 1 is 0.679 bits per heavy atom. The molecule has 20 heteroatoms. The summed E-state index contributed by atoms with van der Waals surface area (Å²) in [5.41, 5.74) is -4.72. The van der Waals surface area contributed by atoms with Gasteiger partial charge in [0.25, 0.3) is 0 Å². The van der Waals surface area contributed by atoms with Crippen LogP contribution < -0.4 is 14.9 Å². The Kier molecular flexibility index (Phi) is 9.19. The van der Waals surface area contributed by atoms with Gasteiger partial charge in [-0.2, -0.15) is 0 Å². The minimum Gasteiger partial charge on any atom is -0.508 e. The lowest BCUT2D eigenvalue weighted by Crippen LogP contribution is -2.60. The van der Waals surface area contributed by atoms with Gasteiger partial charge in [-0.25, -0.2) is 0 Å². The highest BCUT2D eigenvalue weighted by Gasteiger charge is 2.46.